The van der Waals surface area contributed by atoms with Gasteiger partial charge in [0.1, 0.15) is 46.0 Å². The maximum atomic E-state index is 7.46. The van der Waals surface area contributed by atoms with Crippen LogP contribution in [0.15, 0.2) is 485 Å². The highest BCUT2D eigenvalue weighted by Crippen LogP contribution is 2.54. The molecule has 22 aromatic rings. The number of ether oxygens (including phenoxy) is 4. The maximum absolute atomic E-state index is 7.46. The van der Waals surface area contributed by atoms with E-state index in [2.05, 4.69) is 542 Å². The molecule has 0 fully saturated rings. The highest BCUT2D eigenvalue weighted by atomic mass is 16.5. The number of fused-ring (bicyclic) bond motifs is 16. The van der Waals surface area contributed by atoms with Gasteiger partial charge in [-0.2, -0.15) is 0 Å². The first kappa shape index (κ1) is 83.8. The molecule has 0 radical (unpaired) electrons. The minimum atomic E-state index is -0.250. The molecular weight excluding hydrogens is 1710 g/mol. The van der Waals surface area contributed by atoms with E-state index < -0.39 is 0 Å². The molecule has 664 valence electrons. The van der Waals surface area contributed by atoms with Gasteiger partial charge in [-0.3, -0.25) is 0 Å². The fourth-order valence-corrected chi connectivity index (χ4v) is 21.5. The summed E-state index contributed by atoms with van der Waals surface area (Å²) in [7, 11) is 0. The van der Waals surface area contributed by atoms with E-state index in [4.69, 9.17) is 18.9 Å². The van der Waals surface area contributed by atoms with Gasteiger partial charge in [0.15, 0.2) is 0 Å². The standard InChI is InChI=1S/2C64H46BN3O2/c1-43-21-19-31-49(37-43)67(47-27-11-5-12-28-47)56-41-60-62(54-35-17-15-33-52(54)56)65-63-55-36-18-16-34-53(55)57(68(48-29-13-6-14-30-48)50-32-20-22-44(2)38-50)42-61(63)70-59-40-51(39-58(69-60)64(59)65)66(45-23-7-3-8-24-45)46-25-9-4-10-26-46;1-43-31-35-49(36-32-43)67(47-23-11-5-12-24-47)56-41-60-62(54-29-17-15-27-52(54)56)65-63-55-30-18-16-28-53(55)57(68(48-25-13-6-14-26-48)50-37-33-44(2)34-38-50)42-61(63)70-59-40-51(39-58(69-60)64(59)65)66(45-19-7-3-8-20-45)46-21-9-4-10-22-46/h2*3-42H,1-2H3. The lowest BCUT2D eigenvalue weighted by Crippen LogP contribution is -2.58. The van der Waals surface area contributed by atoms with Gasteiger partial charge in [0.05, 0.1) is 34.1 Å². The Labute approximate surface area is 815 Å². The predicted molar refractivity (Wildman–Crippen MR) is 585 cm³/mol. The summed E-state index contributed by atoms with van der Waals surface area (Å²) in [6.45, 7) is 8.07. The zero-order chi connectivity index (χ0) is 93.4. The Balaban J connectivity index is 0.000000148. The molecule has 0 saturated carbocycles. The lowest BCUT2D eigenvalue weighted by atomic mass is 9.33. The van der Waals surface area contributed by atoms with Crippen molar-refractivity contribution in [1.29, 1.82) is 0 Å². The molecule has 0 saturated heterocycles. The molecule has 0 atom stereocenters. The van der Waals surface area contributed by atoms with Crippen molar-refractivity contribution in [3.63, 3.8) is 0 Å². The van der Waals surface area contributed by atoms with Crippen LogP contribution in [0, 0.1) is 27.7 Å². The highest BCUT2D eigenvalue weighted by molar-refractivity contribution is 7.02. The molecule has 26 rings (SSSR count). The molecule has 0 aromatic heterocycles. The fourth-order valence-electron chi connectivity index (χ4n) is 21.5. The second-order valence-corrected chi connectivity index (χ2v) is 36.4. The molecule has 0 bridgehead atoms. The van der Waals surface area contributed by atoms with Gasteiger partial charge in [-0.25, -0.2) is 0 Å². The molecule has 140 heavy (non-hydrogen) atoms. The van der Waals surface area contributed by atoms with Gasteiger partial charge in [0.25, 0.3) is 13.4 Å². The highest BCUT2D eigenvalue weighted by Gasteiger charge is 2.47. The van der Waals surface area contributed by atoms with Crippen molar-refractivity contribution in [2.24, 2.45) is 0 Å². The van der Waals surface area contributed by atoms with Gasteiger partial charge in [0.2, 0.25) is 0 Å². The summed E-state index contributed by atoms with van der Waals surface area (Å²) in [6, 6.07) is 173. The van der Waals surface area contributed by atoms with Crippen molar-refractivity contribution in [1.82, 2.24) is 0 Å². The average molecular weight is 1800 g/mol. The first-order valence-electron chi connectivity index (χ1n) is 47.9. The van der Waals surface area contributed by atoms with Gasteiger partial charge in [-0.15, -0.1) is 0 Å². The predicted octanol–water partition coefficient (Wildman–Crippen LogP) is 31.5. The van der Waals surface area contributed by atoms with Crippen molar-refractivity contribution in [2.45, 2.75) is 27.7 Å². The van der Waals surface area contributed by atoms with E-state index in [1.807, 2.05) is 0 Å². The summed E-state index contributed by atoms with van der Waals surface area (Å²) in [5.41, 5.74) is 29.9. The van der Waals surface area contributed by atoms with E-state index in [-0.39, 0.29) is 13.4 Å². The summed E-state index contributed by atoms with van der Waals surface area (Å²) in [5.74, 6) is 6.26. The second kappa shape index (κ2) is 35.4. The van der Waals surface area contributed by atoms with Crippen LogP contribution in [0.3, 0.4) is 0 Å². The van der Waals surface area contributed by atoms with E-state index in [0.717, 1.165) is 224 Å². The van der Waals surface area contributed by atoms with Crippen LogP contribution < -0.4 is 81.1 Å². The quantitative estimate of drug-likeness (QED) is 0.0777. The van der Waals surface area contributed by atoms with E-state index in [0.29, 0.717) is 0 Å². The Morgan fingerprint density at radius 2 is 0.321 bits per heavy atom. The summed E-state index contributed by atoms with van der Waals surface area (Å²) >= 11 is 0. The number of hydrogen-bond donors (Lipinski definition) is 0. The van der Waals surface area contributed by atoms with Gasteiger partial charge < -0.3 is 48.3 Å². The van der Waals surface area contributed by atoms with E-state index in [1.165, 1.54) is 22.3 Å². The van der Waals surface area contributed by atoms with Crippen LogP contribution in [0.4, 0.5) is 102 Å². The average Bonchev–Trinajstić information content (AvgIpc) is 0.697. The Bertz CT molecular complexity index is 8020. The number of hydrogen-bond acceptors (Lipinski definition) is 10. The van der Waals surface area contributed by atoms with Crippen LogP contribution in [0.1, 0.15) is 22.3 Å². The third-order valence-corrected chi connectivity index (χ3v) is 27.6. The topological polar surface area (TPSA) is 56.4 Å². The van der Waals surface area contributed by atoms with Gasteiger partial charge in [-0.1, -0.05) is 302 Å². The Kier molecular flexibility index (Phi) is 21.2. The zero-order valence-corrected chi connectivity index (χ0v) is 77.7. The van der Waals surface area contributed by atoms with Gasteiger partial charge in [0, 0.05) is 149 Å². The van der Waals surface area contributed by atoms with Crippen molar-refractivity contribution >= 4 is 192 Å². The van der Waals surface area contributed by atoms with Crippen molar-refractivity contribution < 1.29 is 18.9 Å². The molecule has 0 unspecified atom stereocenters. The van der Waals surface area contributed by atoms with Gasteiger partial charge in [-0.05, 0) is 228 Å². The summed E-state index contributed by atoms with van der Waals surface area (Å²) in [5, 5.41) is 8.98. The summed E-state index contributed by atoms with van der Waals surface area (Å²) in [6.07, 6.45) is 0. The lowest BCUT2D eigenvalue weighted by Gasteiger charge is -2.38. The number of nitrogens with zero attached hydrogens (tertiary/aromatic N) is 6. The van der Waals surface area contributed by atoms with Gasteiger partial charge >= 0.3 is 0 Å². The Morgan fingerprint density at radius 1 is 0.136 bits per heavy atom. The summed E-state index contributed by atoms with van der Waals surface area (Å²) in [4.78, 5) is 14.0. The Morgan fingerprint density at radius 3 is 0.550 bits per heavy atom. The van der Waals surface area contributed by atoms with E-state index >= 15 is 0 Å². The third-order valence-electron chi connectivity index (χ3n) is 27.6. The van der Waals surface area contributed by atoms with Crippen molar-refractivity contribution in [3.05, 3.63) is 508 Å². The number of para-hydroxylation sites is 8. The lowest BCUT2D eigenvalue weighted by molar-refractivity contribution is 0.465. The molecule has 0 amide bonds. The monoisotopic (exact) mass is 1800 g/mol. The molecule has 10 nitrogen and oxygen atoms in total. The number of aryl methyl sites for hydroxylation is 4. The van der Waals surface area contributed by atoms with Crippen molar-refractivity contribution in [2.75, 3.05) is 29.4 Å². The first-order chi connectivity index (χ1) is 69.1. The minimum Gasteiger partial charge on any atom is -0.458 e. The SMILES string of the molecule is Cc1ccc(N(c2ccccc2)c2cc3c(c4ccccc24)B2c4c(cc(N(c5ccccc5)c5ccccc5)cc4Oc4cc(N(c5ccccc5)c5ccc(C)cc5)c5ccccc5c42)O3)cc1.Cc1cccc(N(c2ccccc2)c2cc3c(c4ccccc24)B2c4c(cc(N(c5ccccc5)c5ccccc5)cc4Oc4cc(N(c5ccccc5)c5cccc(C)c5)c5ccccc5c42)O3)c1. The molecule has 4 aliphatic rings. The third kappa shape index (κ3) is 14.9. The smallest absolute Gasteiger partial charge is 0.262 e. The largest absolute Gasteiger partial charge is 0.458 e. The molecule has 12 heteroatoms. The number of rotatable bonds is 18. The molecular formula is C128H92B2N6O4. The molecule has 22 aromatic carbocycles. The number of anilines is 18. The molecule has 0 N–H and O–H groups in total. The number of benzene rings is 22. The first-order valence-corrected chi connectivity index (χ1v) is 47.9. The Hall–Kier alpha value is -18.0. The molecule has 0 aliphatic carbocycles. The normalized spacial score (nSPS) is 12.1. The van der Waals surface area contributed by atoms with Crippen LogP contribution >= 0.6 is 0 Å². The molecule has 4 aliphatic heterocycles. The van der Waals surface area contributed by atoms with E-state index in [9.17, 15) is 0 Å². The summed E-state index contributed by atoms with van der Waals surface area (Å²) < 4.78 is 29.8. The van der Waals surface area contributed by atoms with E-state index in [1.54, 1.807) is 0 Å². The van der Waals surface area contributed by atoms with Crippen LogP contribution in [0.25, 0.3) is 43.1 Å². The maximum Gasteiger partial charge on any atom is 0.262 e. The fraction of sp³-hybridized carbons (Fsp3) is 0.0312. The van der Waals surface area contributed by atoms with Crippen LogP contribution in [-0.4, -0.2) is 13.4 Å². The second-order valence-electron chi connectivity index (χ2n) is 36.4. The van der Waals surface area contributed by atoms with Crippen molar-refractivity contribution in [3.8, 4) is 46.0 Å². The minimum absolute atomic E-state index is 0.250. The molecule has 0 spiro atoms. The van der Waals surface area contributed by atoms with Crippen LogP contribution in [0.2, 0.25) is 0 Å². The van der Waals surface area contributed by atoms with Crippen LogP contribution in [0.5, 0.6) is 46.0 Å². The zero-order valence-electron chi connectivity index (χ0n) is 77.7. The van der Waals surface area contributed by atoms with Crippen LogP contribution in [-0.2, 0) is 0 Å². The molecule has 4 heterocycles.